The van der Waals surface area contributed by atoms with Crippen LogP contribution in [0.25, 0.3) is 11.1 Å². The number of nitrogens with two attached hydrogens (primary N) is 2. The van der Waals surface area contributed by atoms with Crippen LogP contribution in [-0.4, -0.2) is 107 Å². The van der Waals surface area contributed by atoms with E-state index in [4.69, 9.17) is 78.1 Å². The molecule has 1 aliphatic carbocycles. The lowest BCUT2D eigenvalue weighted by Crippen LogP contribution is -2.75. The SMILES string of the molecule is [B]B([B])B(B([B])[B])B(B(B([B])[B])B([B])[B])C1CCC(c2ccc(-c3ccc(Oc4cc(N)ccc4N)cc3)cc2)CC1. The smallest absolute Gasteiger partial charge is 0.152 e. The van der Waals surface area contributed by atoms with Crippen LogP contribution in [0.2, 0.25) is 5.82 Å². The van der Waals surface area contributed by atoms with Gasteiger partial charge in [0.1, 0.15) is 5.75 Å². The summed E-state index contributed by atoms with van der Waals surface area (Å²) in [7, 11) is 49.2. The van der Waals surface area contributed by atoms with Crippen molar-refractivity contribution in [1.29, 1.82) is 0 Å². The Kier molecular flexibility index (Phi) is 11.5. The van der Waals surface area contributed by atoms with Crippen molar-refractivity contribution in [3.05, 3.63) is 72.3 Å². The number of hydrogen-bond donors (Lipinski definition) is 2. The standard InChI is InChI=1S/C24H25B15N2O/c25-34(26)38(35(27)28)33(39(36(29)30)37(31)32)20-9-5-18(6-10-20)16-1-3-17(4-2-16)19-7-12-22(13-8-19)42-24-15-21(40)11-14-23(24)41/h1-4,7-8,11-15,18,20H,5-6,9-10,40-41H2. The van der Waals surface area contributed by atoms with Crippen molar-refractivity contribution in [2.45, 2.75) is 37.4 Å². The second-order valence-corrected chi connectivity index (χ2v) is 11.7. The zero-order valence-corrected chi connectivity index (χ0v) is 24.1. The van der Waals surface area contributed by atoms with E-state index in [1.165, 1.54) is 5.56 Å². The second kappa shape index (κ2) is 14.7. The second-order valence-electron chi connectivity index (χ2n) is 11.7. The van der Waals surface area contributed by atoms with Gasteiger partial charge in [0.15, 0.2) is 5.75 Å². The van der Waals surface area contributed by atoms with Gasteiger partial charge in [0.2, 0.25) is 0 Å². The number of anilines is 2. The third-order valence-electron chi connectivity index (χ3n) is 8.82. The molecule has 0 unspecified atom stereocenters. The third-order valence-corrected chi connectivity index (χ3v) is 8.82. The van der Waals surface area contributed by atoms with Gasteiger partial charge in [-0.15, -0.1) is 0 Å². The van der Waals surface area contributed by atoms with E-state index in [-0.39, 0.29) is 12.3 Å². The van der Waals surface area contributed by atoms with Gasteiger partial charge in [-0.3, -0.25) is 0 Å². The molecule has 18 heteroatoms. The Labute approximate surface area is 265 Å². The van der Waals surface area contributed by atoms with Gasteiger partial charge in [-0.2, -0.15) is 0 Å². The first-order valence-electron chi connectivity index (χ1n) is 14.5. The van der Waals surface area contributed by atoms with Crippen LogP contribution in [0.3, 0.4) is 0 Å². The molecule has 4 N–H and O–H groups in total. The summed E-state index contributed by atoms with van der Waals surface area (Å²) in [4.78, 5) is 0. The molecule has 182 valence electrons. The van der Waals surface area contributed by atoms with E-state index in [0.29, 0.717) is 28.8 Å². The molecule has 4 rings (SSSR count). The minimum Gasteiger partial charge on any atom is -0.455 e. The summed E-state index contributed by atoms with van der Waals surface area (Å²) in [5, 5.41) is 0. The minimum atomic E-state index is -0.740. The Bertz CT molecular complexity index is 1250. The molecular formula is C24H25B15N2O. The normalized spacial score (nSPS) is 16.2. The summed E-state index contributed by atoms with van der Waals surface area (Å²) in [6.45, 7) is -0.184. The van der Waals surface area contributed by atoms with Crippen molar-refractivity contribution >= 4 is 118 Å². The van der Waals surface area contributed by atoms with Gasteiger partial charge in [-0.05, 0) is 59.7 Å². The summed E-state index contributed by atoms with van der Waals surface area (Å²) in [5.41, 5.74) is 16.5. The Balaban J connectivity index is 1.43. The predicted molar refractivity (Wildman–Crippen MR) is 198 cm³/mol. The van der Waals surface area contributed by atoms with Crippen molar-refractivity contribution in [3.8, 4) is 22.6 Å². The Hall–Kier alpha value is -1.97. The van der Waals surface area contributed by atoms with E-state index >= 15 is 0 Å². The van der Waals surface area contributed by atoms with Gasteiger partial charge in [-0.25, -0.2) is 0 Å². The molecular weight excluding hydrogens is 494 g/mol. The molecule has 1 fully saturated rings. The van der Waals surface area contributed by atoms with Gasteiger partial charge in [0.05, 0.1) is 5.69 Å². The molecule has 42 heavy (non-hydrogen) atoms. The van der Waals surface area contributed by atoms with Gasteiger partial charge < -0.3 is 16.2 Å². The quantitative estimate of drug-likeness (QED) is 0.288. The van der Waals surface area contributed by atoms with E-state index in [9.17, 15) is 0 Å². The summed E-state index contributed by atoms with van der Waals surface area (Å²) < 4.78 is 5.93. The van der Waals surface area contributed by atoms with Crippen LogP contribution < -0.4 is 16.2 Å². The molecule has 3 nitrogen and oxygen atoms in total. The molecule has 1 saturated carbocycles. The summed E-state index contributed by atoms with van der Waals surface area (Å²) in [6, 6.07) is 21.8. The fourth-order valence-electron chi connectivity index (χ4n) is 6.69. The largest absolute Gasteiger partial charge is 0.455 e. The molecule has 16 radical (unpaired) electrons. The molecule has 0 bridgehead atoms. The average Bonchev–Trinajstić information content (AvgIpc) is 2.94. The Morgan fingerprint density at radius 2 is 1.07 bits per heavy atom. The fourth-order valence-corrected chi connectivity index (χ4v) is 6.69. The first-order chi connectivity index (χ1) is 20.0. The molecule has 0 amide bonds. The molecule has 3 aromatic carbocycles. The lowest BCUT2D eigenvalue weighted by Gasteiger charge is -2.45. The molecule has 1 aliphatic rings. The van der Waals surface area contributed by atoms with Crippen LogP contribution in [0.15, 0.2) is 66.7 Å². The molecule has 0 heterocycles. The molecule has 0 spiro atoms. The average molecular weight is 520 g/mol. The van der Waals surface area contributed by atoms with Gasteiger partial charge >= 0.3 is 0 Å². The van der Waals surface area contributed by atoms with Crippen LogP contribution in [0, 0.1) is 0 Å². The van der Waals surface area contributed by atoms with E-state index in [2.05, 4.69) is 24.3 Å². The Morgan fingerprint density at radius 3 is 1.55 bits per heavy atom. The lowest BCUT2D eigenvalue weighted by molar-refractivity contribution is 0.442. The van der Waals surface area contributed by atoms with Crippen LogP contribution in [0.4, 0.5) is 11.4 Å². The zero-order chi connectivity index (χ0) is 30.6. The molecule has 3 aromatic rings. The number of rotatable bonds is 11. The topological polar surface area (TPSA) is 61.3 Å². The van der Waals surface area contributed by atoms with E-state index in [1.54, 1.807) is 18.2 Å². The van der Waals surface area contributed by atoms with Crippen LogP contribution in [-0.2, 0) is 0 Å². The van der Waals surface area contributed by atoms with Gasteiger partial charge in [0.25, 0.3) is 0 Å². The third kappa shape index (κ3) is 7.94. The highest BCUT2D eigenvalue weighted by Gasteiger charge is 2.45. The van der Waals surface area contributed by atoms with Gasteiger partial charge in [-0.1, -0.05) is 55.1 Å². The van der Waals surface area contributed by atoms with Crippen molar-refractivity contribution in [2.24, 2.45) is 0 Å². The zero-order valence-electron chi connectivity index (χ0n) is 24.1. The lowest BCUT2D eigenvalue weighted by atomic mass is 8.47. The maximum absolute atomic E-state index is 6.16. The van der Waals surface area contributed by atoms with Crippen molar-refractivity contribution in [1.82, 2.24) is 0 Å². The van der Waals surface area contributed by atoms with Crippen LogP contribution in [0.5, 0.6) is 11.5 Å². The van der Waals surface area contributed by atoms with Gasteiger partial charge in [0, 0.05) is 118 Å². The van der Waals surface area contributed by atoms with Crippen molar-refractivity contribution in [3.63, 3.8) is 0 Å². The maximum atomic E-state index is 6.16. The molecule has 0 aliphatic heterocycles. The van der Waals surface area contributed by atoms with Crippen molar-refractivity contribution < 1.29 is 4.74 Å². The van der Waals surface area contributed by atoms with E-state index in [0.717, 1.165) is 36.8 Å². The summed E-state index contributed by atoms with van der Waals surface area (Å²) in [6.07, 6.45) is 0.0143. The molecule has 0 aromatic heterocycles. The van der Waals surface area contributed by atoms with E-state index < -0.39 is 38.3 Å². The first-order valence-corrected chi connectivity index (χ1v) is 14.5. The number of hydrogen-bond acceptors (Lipinski definition) is 3. The number of benzene rings is 3. The number of ether oxygens (including phenoxy) is 1. The summed E-state index contributed by atoms with van der Waals surface area (Å²) >= 11 is 0. The fraction of sp³-hybridized carbons (Fsp3) is 0.250. The Morgan fingerprint density at radius 1 is 0.595 bits per heavy atom. The van der Waals surface area contributed by atoms with Crippen LogP contribution >= 0.6 is 0 Å². The molecule has 0 atom stereocenters. The highest BCUT2D eigenvalue weighted by molar-refractivity contribution is 8.08. The monoisotopic (exact) mass is 522 g/mol. The maximum Gasteiger partial charge on any atom is 0.152 e. The highest BCUT2D eigenvalue weighted by Crippen LogP contribution is 2.41. The minimum absolute atomic E-state index is 0.184. The first kappa shape index (κ1) is 32.9. The van der Waals surface area contributed by atoms with E-state index in [1.807, 2.05) is 24.3 Å². The summed E-state index contributed by atoms with van der Waals surface area (Å²) in [5.74, 6) is 1.84. The number of nitrogen functional groups attached to an aromatic ring is 2. The molecule has 0 saturated heterocycles. The highest BCUT2D eigenvalue weighted by atomic mass is 16.5. The van der Waals surface area contributed by atoms with Crippen LogP contribution in [0.1, 0.15) is 37.2 Å². The predicted octanol–water partition coefficient (Wildman–Crippen LogP) is 0.594. The van der Waals surface area contributed by atoms with Crippen molar-refractivity contribution in [2.75, 3.05) is 11.5 Å².